The van der Waals surface area contributed by atoms with Crippen LogP contribution in [0.1, 0.15) is 29.6 Å². The Morgan fingerprint density at radius 3 is 2.58 bits per heavy atom. The Hall–Kier alpha value is -1.47. The monoisotopic (exact) mass is 455 g/mol. The molecule has 138 valence electrons. The highest BCUT2D eigenvalue weighted by atomic mass is 79.9. The Morgan fingerprint density at radius 2 is 1.96 bits per heavy atom. The van der Waals surface area contributed by atoms with Crippen molar-refractivity contribution in [2.75, 3.05) is 0 Å². The molecule has 8 heteroatoms. The van der Waals surface area contributed by atoms with Crippen molar-refractivity contribution in [1.29, 1.82) is 0 Å². The van der Waals surface area contributed by atoms with Crippen molar-refractivity contribution in [3.63, 3.8) is 0 Å². The van der Waals surface area contributed by atoms with E-state index < -0.39 is 0 Å². The Kier molecular flexibility index (Phi) is 7.17. The van der Waals surface area contributed by atoms with Crippen LogP contribution >= 0.6 is 40.2 Å². The number of pyridine rings is 1. The maximum atomic E-state index is 6.39. The van der Waals surface area contributed by atoms with Gasteiger partial charge in [-0.25, -0.2) is 9.67 Å². The third-order valence-electron chi connectivity index (χ3n) is 3.97. The highest BCUT2D eigenvalue weighted by molar-refractivity contribution is 8.93. The summed E-state index contributed by atoms with van der Waals surface area (Å²) >= 11 is 12.4. The van der Waals surface area contributed by atoms with Crippen LogP contribution in [-0.2, 0) is 19.5 Å². The fraction of sp³-hybridized carbons (Fsp3) is 0.278. The van der Waals surface area contributed by atoms with Crippen molar-refractivity contribution in [3.8, 4) is 11.3 Å². The zero-order valence-electron chi connectivity index (χ0n) is 14.5. The first kappa shape index (κ1) is 20.8. The predicted octanol–water partition coefficient (Wildman–Crippen LogP) is 4.60. The molecule has 2 N–H and O–H groups in total. The largest absolute Gasteiger partial charge is 0.326 e. The second kappa shape index (κ2) is 8.95. The molecule has 0 atom stereocenters. The SMILES string of the molecule is Br.CCc1ncn(Cc2cc(C)nc(-c3ccc(Cl)cc3Cl)c2CN)n1. The maximum Gasteiger partial charge on any atom is 0.150 e. The minimum absolute atomic E-state index is 0. The quantitative estimate of drug-likeness (QED) is 0.608. The Bertz CT molecular complexity index is 911. The van der Waals surface area contributed by atoms with E-state index in [-0.39, 0.29) is 17.0 Å². The van der Waals surface area contributed by atoms with E-state index in [2.05, 4.69) is 15.1 Å². The van der Waals surface area contributed by atoms with Crippen LogP contribution in [0.25, 0.3) is 11.3 Å². The van der Waals surface area contributed by atoms with Crippen LogP contribution in [0.5, 0.6) is 0 Å². The zero-order valence-corrected chi connectivity index (χ0v) is 17.8. The lowest BCUT2D eigenvalue weighted by Gasteiger charge is -2.15. The number of aryl methyl sites for hydroxylation is 2. The molecule has 0 saturated heterocycles. The fourth-order valence-corrected chi connectivity index (χ4v) is 3.28. The van der Waals surface area contributed by atoms with Crippen LogP contribution < -0.4 is 5.73 Å². The van der Waals surface area contributed by atoms with E-state index in [0.29, 0.717) is 23.1 Å². The molecule has 26 heavy (non-hydrogen) atoms. The first-order chi connectivity index (χ1) is 12.0. The van der Waals surface area contributed by atoms with Gasteiger partial charge in [-0.05, 0) is 42.3 Å². The van der Waals surface area contributed by atoms with E-state index in [4.69, 9.17) is 28.9 Å². The molecule has 5 nitrogen and oxygen atoms in total. The van der Waals surface area contributed by atoms with Gasteiger partial charge in [-0.3, -0.25) is 4.98 Å². The van der Waals surface area contributed by atoms with Crippen molar-refractivity contribution in [1.82, 2.24) is 19.7 Å². The summed E-state index contributed by atoms with van der Waals surface area (Å²) in [5, 5.41) is 5.61. The molecule has 0 bridgehead atoms. The topological polar surface area (TPSA) is 69.6 Å². The van der Waals surface area contributed by atoms with Gasteiger partial charge in [0.15, 0.2) is 0 Å². The molecule has 0 radical (unpaired) electrons. The second-order valence-corrected chi connectivity index (χ2v) is 6.63. The lowest BCUT2D eigenvalue weighted by Crippen LogP contribution is -2.11. The van der Waals surface area contributed by atoms with E-state index in [0.717, 1.165) is 40.3 Å². The Balaban J connectivity index is 0.00000243. The highest BCUT2D eigenvalue weighted by Crippen LogP contribution is 2.33. The fourth-order valence-electron chi connectivity index (χ4n) is 2.79. The summed E-state index contributed by atoms with van der Waals surface area (Å²) in [5.41, 5.74) is 10.6. The molecule has 3 aromatic rings. The first-order valence-corrected chi connectivity index (χ1v) is 8.80. The molecule has 0 fully saturated rings. The van der Waals surface area contributed by atoms with Gasteiger partial charge in [-0.2, -0.15) is 5.10 Å². The molecule has 0 aliphatic heterocycles. The average molecular weight is 457 g/mol. The number of nitrogens with zero attached hydrogens (tertiary/aromatic N) is 4. The van der Waals surface area contributed by atoms with Gasteiger partial charge in [0.2, 0.25) is 0 Å². The number of benzene rings is 1. The highest BCUT2D eigenvalue weighted by Gasteiger charge is 2.15. The van der Waals surface area contributed by atoms with Gasteiger partial charge < -0.3 is 5.73 Å². The zero-order chi connectivity index (χ0) is 18.0. The van der Waals surface area contributed by atoms with E-state index in [9.17, 15) is 0 Å². The van der Waals surface area contributed by atoms with Crippen molar-refractivity contribution in [3.05, 3.63) is 63.3 Å². The van der Waals surface area contributed by atoms with Gasteiger partial charge >= 0.3 is 0 Å². The van der Waals surface area contributed by atoms with Crippen LogP contribution in [0.3, 0.4) is 0 Å². The van der Waals surface area contributed by atoms with E-state index in [1.807, 2.05) is 30.7 Å². The molecule has 2 heterocycles. The van der Waals surface area contributed by atoms with Gasteiger partial charge in [0.05, 0.1) is 17.3 Å². The molecule has 0 amide bonds. The Morgan fingerprint density at radius 1 is 1.19 bits per heavy atom. The molecule has 0 aliphatic carbocycles. The number of hydrogen-bond donors (Lipinski definition) is 1. The lowest BCUT2D eigenvalue weighted by atomic mass is 9.99. The number of halogens is 3. The molecule has 0 saturated carbocycles. The van der Waals surface area contributed by atoms with Gasteiger partial charge in [0.25, 0.3) is 0 Å². The van der Waals surface area contributed by atoms with Crippen LogP contribution in [0.2, 0.25) is 10.0 Å². The standard InChI is InChI=1S/C18H19Cl2N5.BrH/c1-3-17-22-10-25(24-17)9-12-6-11(2)23-18(15(12)8-21)14-5-4-13(19)7-16(14)20;/h4-7,10H,3,8-9,21H2,1-2H3;1H. The van der Waals surface area contributed by atoms with Crippen LogP contribution in [0, 0.1) is 6.92 Å². The van der Waals surface area contributed by atoms with Gasteiger partial charge in [-0.15, -0.1) is 17.0 Å². The maximum absolute atomic E-state index is 6.39. The number of rotatable bonds is 5. The van der Waals surface area contributed by atoms with Gasteiger partial charge in [0.1, 0.15) is 12.2 Å². The lowest BCUT2D eigenvalue weighted by molar-refractivity contribution is 0.667. The van der Waals surface area contributed by atoms with E-state index in [1.165, 1.54) is 0 Å². The number of nitrogens with two attached hydrogens (primary N) is 1. The third kappa shape index (κ3) is 4.43. The number of hydrogen-bond acceptors (Lipinski definition) is 4. The second-order valence-electron chi connectivity index (χ2n) is 5.79. The summed E-state index contributed by atoms with van der Waals surface area (Å²) in [4.78, 5) is 8.96. The molecule has 0 aliphatic rings. The van der Waals surface area contributed by atoms with Crippen molar-refractivity contribution < 1.29 is 0 Å². The first-order valence-electron chi connectivity index (χ1n) is 8.05. The summed E-state index contributed by atoms with van der Waals surface area (Å²) in [5.74, 6) is 0.820. The smallest absolute Gasteiger partial charge is 0.150 e. The summed E-state index contributed by atoms with van der Waals surface area (Å²) in [6.07, 6.45) is 2.54. The molecular formula is C18H20BrCl2N5. The normalized spacial score (nSPS) is 10.7. The van der Waals surface area contributed by atoms with E-state index >= 15 is 0 Å². The molecule has 3 rings (SSSR count). The van der Waals surface area contributed by atoms with Crippen molar-refractivity contribution >= 4 is 40.2 Å². The molecular weight excluding hydrogens is 437 g/mol. The average Bonchev–Trinajstić information content (AvgIpc) is 3.02. The van der Waals surface area contributed by atoms with Crippen LogP contribution in [-0.4, -0.2) is 19.7 Å². The summed E-state index contributed by atoms with van der Waals surface area (Å²) in [6.45, 7) is 4.92. The minimum Gasteiger partial charge on any atom is -0.326 e. The summed E-state index contributed by atoms with van der Waals surface area (Å²) in [7, 11) is 0. The molecule has 2 aromatic heterocycles. The van der Waals surface area contributed by atoms with Crippen molar-refractivity contribution in [2.45, 2.75) is 33.4 Å². The summed E-state index contributed by atoms with van der Waals surface area (Å²) < 4.78 is 1.82. The molecule has 0 unspecified atom stereocenters. The van der Waals surface area contributed by atoms with E-state index in [1.54, 1.807) is 18.5 Å². The third-order valence-corrected chi connectivity index (χ3v) is 4.52. The van der Waals surface area contributed by atoms with Crippen molar-refractivity contribution in [2.24, 2.45) is 5.73 Å². The van der Waals surface area contributed by atoms with Crippen LogP contribution in [0.15, 0.2) is 30.6 Å². The molecule has 1 aromatic carbocycles. The number of aromatic nitrogens is 4. The van der Waals surface area contributed by atoms with Crippen LogP contribution in [0.4, 0.5) is 0 Å². The molecule has 0 spiro atoms. The summed E-state index contributed by atoms with van der Waals surface area (Å²) in [6, 6.07) is 7.42. The Labute approximate surface area is 173 Å². The van der Waals surface area contributed by atoms with Gasteiger partial charge in [-0.1, -0.05) is 30.1 Å². The predicted molar refractivity (Wildman–Crippen MR) is 111 cm³/mol. The minimum atomic E-state index is 0. The van der Waals surface area contributed by atoms with Gasteiger partial charge in [0, 0.05) is 29.2 Å².